The van der Waals surface area contributed by atoms with Crippen LogP contribution in [0.1, 0.15) is 51.0 Å². The van der Waals surface area contributed by atoms with E-state index in [4.69, 9.17) is 28.7 Å². The summed E-state index contributed by atoms with van der Waals surface area (Å²) in [7, 11) is 0. The lowest BCUT2D eigenvalue weighted by atomic mass is 10.0. The van der Waals surface area contributed by atoms with Gasteiger partial charge in [0.2, 0.25) is 29.5 Å². The molecule has 1 aliphatic rings. The fourth-order valence-electron chi connectivity index (χ4n) is 4.92. The van der Waals surface area contributed by atoms with Crippen LogP contribution in [0.3, 0.4) is 0 Å². The SMILES string of the molecule is CC(=O)N[C@@H](CCCN=C(N)N)C(=O)N[C@@H](CCCN=C(N)N)C(=O)N[C@H](Cc1ccc(I)cc1)C(=O)N1CCC[C@@H]1C(N)=O. The van der Waals surface area contributed by atoms with E-state index in [1.165, 1.54) is 11.8 Å². The van der Waals surface area contributed by atoms with Crippen molar-refractivity contribution in [1.29, 1.82) is 0 Å². The molecule has 17 heteroatoms. The van der Waals surface area contributed by atoms with Crippen molar-refractivity contribution in [1.82, 2.24) is 20.9 Å². The van der Waals surface area contributed by atoms with Gasteiger partial charge in [-0.2, -0.15) is 0 Å². The second-order valence-electron chi connectivity index (χ2n) is 10.7. The summed E-state index contributed by atoms with van der Waals surface area (Å²) in [6.07, 6.45) is 2.17. The Kier molecular flexibility index (Phi) is 15.3. The number of guanidine groups is 2. The minimum atomic E-state index is -1.11. The summed E-state index contributed by atoms with van der Waals surface area (Å²) < 4.78 is 0.993. The first-order chi connectivity index (χ1) is 21.3. The Morgan fingerprint density at radius 1 is 0.844 bits per heavy atom. The number of primary amides is 1. The lowest BCUT2D eigenvalue weighted by Gasteiger charge is -2.29. The van der Waals surface area contributed by atoms with Gasteiger partial charge in [-0.05, 0) is 78.8 Å². The van der Waals surface area contributed by atoms with Gasteiger partial charge in [0.25, 0.3) is 0 Å². The largest absolute Gasteiger partial charge is 0.370 e. The average Bonchev–Trinajstić information content (AvgIpc) is 3.46. The van der Waals surface area contributed by atoms with E-state index in [-0.39, 0.29) is 44.3 Å². The van der Waals surface area contributed by atoms with Gasteiger partial charge in [0.15, 0.2) is 11.9 Å². The Morgan fingerprint density at radius 3 is 1.84 bits per heavy atom. The summed E-state index contributed by atoms with van der Waals surface area (Å²) in [5.74, 6) is -2.97. The van der Waals surface area contributed by atoms with E-state index in [2.05, 4.69) is 48.5 Å². The number of benzene rings is 1. The summed E-state index contributed by atoms with van der Waals surface area (Å²) in [5, 5.41) is 8.10. The number of nitrogens with one attached hydrogen (secondary N) is 3. The normalized spacial score (nSPS) is 16.0. The smallest absolute Gasteiger partial charge is 0.246 e. The number of hydrogen-bond acceptors (Lipinski definition) is 7. The maximum atomic E-state index is 13.8. The Balaban J connectivity index is 2.31. The highest BCUT2D eigenvalue weighted by Crippen LogP contribution is 2.20. The van der Waals surface area contributed by atoms with Gasteiger partial charge in [0.05, 0.1) is 0 Å². The van der Waals surface area contributed by atoms with Crippen LogP contribution >= 0.6 is 22.6 Å². The molecule has 248 valence electrons. The van der Waals surface area contributed by atoms with E-state index in [0.717, 1.165) is 9.13 Å². The second kappa shape index (κ2) is 18.6. The zero-order chi connectivity index (χ0) is 33.5. The zero-order valence-electron chi connectivity index (χ0n) is 25.3. The Bertz CT molecular complexity index is 1250. The third-order valence-electron chi connectivity index (χ3n) is 7.05. The first kappa shape index (κ1) is 37.0. The van der Waals surface area contributed by atoms with Crippen molar-refractivity contribution in [2.24, 2.45) is 38.7 Å². The van der Waals surface area contributed by atoms with E-state index in [0.29, 0.717) is 32.2 Å². The van der Waals surface area contributed by atoms with Crippen LogP contribution in [0.5, 0.6) is 0 Å². The number of halogens is 1. The molecular weight excluding hydrogens is 697 g/mol. The molecule has 0 unspecified atom stereocenters. The molecular formula is C28H44IN11O5. The molecule has 16 nitrogen and oxygen atoms in total. The van der Waals surface area contributed by atoms with Gasteiger partial charge < -0.3 is 49.5 Å². The first-order valence-electron chi connectivity index (χ1n) is 14.6. The Morgan fingerprint density at radius 2 is 1.36 bits per heavy atom. The van der Waals surface area contributed by atoms with Crippen LogP contribution in [0, 0.1) is 3.57 Å². The molecule has 1 aromatic rings. The van der Waals surface area contributed by atoms with Crippen LogP contribution in [0.4, 0.5) is 0 Å². The van der Waals surface area contributed by atoms with Gasteiger partial charge in [0, 0.05) is 36.5 Å². The van der Waals surface area contributed by atoms with E-state index in [1.54, 1.807) is 0 Å². The Hall–Kier alpha value is -4.16. The molecule has 1 aromatic carbocycles. The van der Waals surface area contributed by atoms with Crippen molar-refractivity contribution in [3.63, 3.8) is 0 Å². The molecule has 5 amide bonds. The lowest BCUT2D eigenvalue weighted by Crippen LogP contribution is -2.58. The van der Waals surface area contributed by atoms with E-state index >= 15 is 0 Å². The summed E-state index contributed by atoms with van der Waals surface area (Å²) in [5.41, 5.74) is 27.9. The summed E-state index contributed by atoms with van der Waals surface area (Å²) in [4.78, 5) is 74.0. The molecule has 45 heavy (non-hydrogen) atoms. The van der Waals surface area contributed by atoms with Crippen molar-refractivity contribution < 1.29 is 24.0 Å². The van der Waals surface area contributed by atoms with Crippen LogP contribution < -0.4 is 44.6 Å². The van der Waals surface area contributed by atoms with Crippen LogP contribution in [-0.2, 0) is 30.4 Å². The Labute approximate surface area is 275 Å². The monoisotopic (exact) mass is 741 g/mol. The molecule has 0 saturated carbocycles. The molecule has 1 heterocycles. The van der Waals surface area contributed by atoms with Crippen LogP contribution in [0.25, 0.3) is 0 Å². The van der Waals surface area contributed by atoms with Crippen molar-refractivity contribution in [3.8, 4) is 0 Å². The van der Waals surface area contributed by atoms with Crippen molar-refractivity contribution in [2.45, 2.75) is 76.0 Å². The molecule has 1 saturated heterocycles. The number of amides is 5. The zero-order valence-corrected chi connectivity index (χ0v) is 27.5. The summed E-state index contributed by atoms with van der Waals surface area (Å²) >= 11 is 2.16. The first-order valence-corrected chi connectivity index (χ1v) is 15.7. The fraction of sp³-hybridized carbons (Fsp3) is 0.536. The summed E-state index contributed by atoms with van der Waals surface area (Å²) in [6, 6.07) is 3.53. The van der Waals surface area contributed by atoms with Crippen LogP contribution in [0.2, 0.25) is 0 Å². The predicted molar refractivity (Wildman–Crippen MR) is 178 cm³/mol. The number of rotatable bonds is 17. The molecule has 1 aliphatic heterocycles. The molecule has 4 atom stereocenters. The fourth-order valence-corrected chi connectivity index (χ4v) is 5.28. The predicted octanol–water partition coefficient (Wildman–Crippen LogP) is -2.11. The van der Waals surface area contributed by atoms with E-state index in [1.807, 2.05) is 24.3 Å². The van der Waals surface area contributed by atoms with Crippen molar-refractivity contribution in [3.05, 3.63) is 33.4 Å². The van der Waals surface area contributed by atoms with Crippen molar-refractivity contribution >= 4 is 64.0 Å². The topological polar surface area (TPSA) is 280 Å². The molecule has 0 spiro atoms. The number of aliphatic imine (C=N–C) groups is 2. The highest BCUT2D eigenvalue weighted by atomic mass is 127. The van der Waals surface area contributed by atoms with E-state index < -0.39 is 53.7 Å². The lowest BCUT2D eigenvalue weighted by molar-refractivity contribution is -0.141. The standard InChI is InChI=1S/C28H44IN11O5/c1-16(41)37-19(5-2-12-35-27(31)32)24(43)38-20(6-3-13-36-28(33)34)25(44)39-21(15-17-8-10-18(29)11-9-17)26(45)40-14-4-7-22(40)23(30)42/h8-11,19-22H,2-7,12-15H2,1H3,(H2,30,42)(H,37,41)(H,38,43)(H,39,44)(H4,31,32,35)(H4,33,34,36)/t19-,20-,21+,22+/m0/s1. The summed E-state index contributed by atoms with van der Waals surface area (Å²) in [6.45, 7) is 2.02. The van der Waals surface area contributed by atoms with Gasteiger partial charge in [-0.15, -0.1) is 0 Å². The molecule has 0 aromatic heterocycles. The van der Waals surface area contributed by atoms with Gasteiger partial charge in [0.1, 0.15) is 24.2 Å². The number of carbonyl (C=O) groups is 5. The number of carbonyl (C=O) groups excluding carboxylic acids is 5. The van der Waals surface area contributed by atoms with Gasteiger partial charge in [-0.1, -0.05) is 12.1 Å². The minimum absolute atomic E-state index is 0.0987. The highest BCUT2D eigenvalue weighted by molar-refractivity contribution is 14.1. The quantitative estimate of drug-likeness (QED) is 0.0375. The van der Waals surface area contributed by atoms with Gasteiger partial charge in [-0.3, -0.25) is 34.0 Å². The molecule has 0 radical (unpaired) electrons. The van der Waals surface area contributed by atoms with Gasteiger partial charge in [-0.25, -0.2) is 0 Å². The maximum absolute atomic E-state index is 13.8. The average molecular weight is 742 g/mol. The highest BCUT2D eigenvalue weighted by Gasteiger charge is 2.37. The van der Waals surface area contributed by atoms with Crippen LogP contribution in [0.15, 0.2) is 34.3 Å². The molecule has 2 rings (SSSR count). The second-order valence-corrected chi connectivity index (χ2v) is 11.9. The third-order valence-corrected chi connectivity index (χ3v) is 7.77. The minimum Gasteiger partial charge on any atom is -0.370 e. The third kappa shape index (κ3) is 13.2. The van der Waals surface area contributed by atoms with Gasteiger partial charge >= 0.3 is 0 Å². The number of likely N-dealkylation sites (tertiary alicyclic amines) is 1. The number of hydrogen-bond donors (Lipinski definition) is 8. The molecule has 0 aliphatic carbocycles. The van der Waals surface area contributed by atoms with Crippen molar-refractivity contribution in [2.75, 3.05) is 19.6 Å². The van der Waals surface area contributed by atoms with E-state index in [9.17, 15) is 24.0 Å². The molecule has 0 bridgehead atoms. The number of nitrogens with two attached hydrogens (primary N) is 5. The maximum Gasteiger partial charge on any atom is 0.246 e. The molecule has 1 fully saturated rings. The van der Waals surface area contributed by atoms with Crippen LogP contribution in [-0.4, -0.2) is 90.2 Å². The molecule has 13 N–H and O–H groups in total. The number of nitrogens with zero attached hydrogens (tertiary/aromatic N) is 3.